The first-order chi connectivity index (χ1) is 12.2. The van der Waals surface area contributed by atoms with Crippen molar-refractivity contribution in [3.8, 4) is 5.75 Å². The van der Waals surface area contributed by atoms with Gasteiger partial charge in [0.15, 0.2) is 0 Å². The van der Waals surface area contributed by atoms with Gasteiger partial charge in [0, 0.05) is 20.2 Å². The van der Waals surface area contributed by atoms with Gasteiger partial charge in [-0.25, -0.2) is 4.79 Å². The standard InChI is InChI=1S/C19H26N2O4/c1-24-5-6-25-15-4-2-3-12(7-15)10-20-19(23)21-11-14-8-13-9-16(14)17(21)18(13)22/h2-4,7,13-14,16-18,22H,5-6,8-11H2,1H3,(H,20,23). The lowest BCUT2D eigenvalue weighted by Crippen LogP contribution is -2.47. The first-order valence-corrected chi connectivity index (χ1v) is 9.10. The van der Waals surface area contributed by atoms with Gasteiger partial charge in [-0.05, 0) is 48.3 Å². The number of nitrogens with zero attached hydrogens (tertiary/aromatic N) is 1. The number of carbonyl (C=O) groups is 1. The van der Waals surface area contributed by atoms with Crippen molar-refractivity contribution in [2.45, 2.75) is 31.5 Å². The molecule has 2 N–H and O–H groups in total. The van der Waals surface area contributed by atoms with Crippen LogP contribution in [0.25, 0.3) is 0 Å². The van der Waals surface area contributed by atoms with Crippen LogP contribution in [0, 0.1) is 17.8 Å². The number of aliphatic hydroxyl groups excluding tert-OH is 1. The molecule has 1 heterocycles. The predicted molar refractivity (Wildman–Crippen MR) is 92.3 cm³/mol. The third kappa shape index (κ3) is 3.09. The van der Waals surface area contributed by atoms with Gasteiger partial charge in [-0.1, -0.05) is 12.1 Å². The number of rotatable bonds is 6. The van der Waals surface area contributed by atoms with Gasteiger partial charge in [0.1, 0.15) is 12.4 Å². The van der Waals surface area contributed by atoms with Crippen LogP contribution in [0.2, 0.25) is 0 Å². The van der Waals surface area contributed by atoms with Crippen molar-refractivity contribution in [1.29, 1.82) is 0 Å². The second-order valence-corrected chi connectivity index (χ2v) is 7.44. The molecule has 1 aliphatic heterocycles. The molecule has 0 radical (unpaired) electrons. The Hall–Kier alpha value is -1.79. The van der Waals surface area contributed by atoms with Gasteiger partial charge in [-0.15, -0.1) is 0 Å². The van der Waals surface area contributed by atoms with E-state index in [-0.39, 0.29) is 18.2 Å². The number of amides is 2. The van der Waals surface area contributed by atoms with Crippen molar-refractivity contribution >= 4 is 6.03 Å². The molecule has 3 fully saturated rings. The maximum atomic E-state index is 12.6. The minimum absolute atomic E-state index is 0.0208. The van der Waals surface area contributed by atoms with Gasteiger partial charge in [-0.3, -0.25) is 0 Å². The van der Waals surface area contributed by atoms with Gasteiger partial charge in [0.2, 0.25) is 0 Å². The van der Waals surface area contributed by atoms with Gasteiger partial charge in [0.05, 0.1) is 18.8 Å². The number of likely N-dealkylation sites (tertiary alicyclic amines) is 1. The van der Waals surface area contributed by atoms with Crippen LogP contribution in [0.1, 0.15) is 18.4 Å². The van der Waals surface area contributed by atoms with E-state index in [9.17, 15) is 9.90 Å². The van der Waals surface area contributed by atoms with E-state index in [4.69, 9.17) is 9.47 Å². The maximum Gasteiger partial charge on any atom is 0.318 e. The van der Waals surface area contributed by atoms with E-state index >= 15 is 0 Å². The summed E-state index contributed by atoms with van der Waals surface area (Å²) in [4.78, 5) is 14.5. The third-order valence-corrected chi connectivity index (χ3v) is 6.01. The Balaban J connectivity index is 1.33. The average molecular weight is 346 g/mol. The molecule has 5 unspecified atom stereocenters. The normalized spacial score (nSPS) is 32.2. The van der Waals surface area contributed by atoms with E-state index in [0.29, 0.717) is 37.5 Å². The highest BCUT2D eigenvalue weighted by Crippen LogP contribution is 2.54. The maximum absolute atomic E-state index is 12.6. The molecule has 25 heavy (non-hydrogen) atoms. The summed E-state index contributed by atoms with van der Waals surface area (Å²) in [6.07, 6.45) is 1.82. The highest BCUT2D eigenvalue weighted by molar-refractivity contribution is 5.75. The smallest absolute Gasteiger partial charge is 0.318 e. The second kappa shape index (κ2) is 6.84. The number of fused-ring (bicyclic) bond motifs is 1. The number of hydrogen-bond acceptors (Lipinski definition) is 4. The molecule has 4 rings (SSSR count). The molecule has 3 aliphatic rings. The van der Waals surface area contributed by atoms with Gasteiger partial charge < -0.3 is 24.8 Å². The Labute approximate surface area is 148 Å². The molecule has 136 valence electrons. The number of methoxy groups -OCH3 is 1. The topological polar surface area (TPSA) is 71.0 Å². The molecule has 2 aliphatic carbocycles. The molecule has 0 spiro atoms. The molecule has 2 amide bonds. The molecule has 5 atom stereocenters. The largest absolute Gasteiger partial charge is 0.491 e. The summed E-state index contributed by atoms with van der Waals surface area (Å²) < 4.78 is 10.6. The number of ether oxygens (including phenoxy) is 2. The highest BCUT2D eigenvalue weighted by atomic mass is 16.5. The van der Waals surface area contributed by atoms with Crippen LogP contribution in [-0.4, -0.2) is 55.1 Å². The molecule has 1 saturated heterocycles. The van der Waals surface area contributed by atoms with Crippen LogP contribution in [0.5, 0.6) is 5.75 Å². The quantitative estimate of drug-likeness (QED) is 0.768. The van der Waals surface area contributed by atoms with Crippen molar-refractivity contribution in [3.63, 3.8) is 0 Å². The minimum atomic E-state index is -0.341. The van der Waals surface area contributed by atoms with Crippen molar-refractivity contribution in [1.82, 2.24) is 10.2 Å². The highest BCUT2D eigenvalue weighted by Gasteiger charge is 2.59. The second-order valence-electron chi connectivity index (χ2n) is 7.44. The zero-order valence-corrected chi connectivity index (χ0v) is 14.6. The summed E-state index contributed by atoms with van der Waals surface area (Å²) in [5.41, 5.74) is 0.996. The molecule has 1 aromatic carbocycles. The Morgan fingerprint density at radius 1 is 1.32 bits per heavy atom. The summed E-state index contributed by atoms with van der Waals surface area (Å²) in [6.45, 7) is 2.29. The van der Waals surface area contributed by atoms with E-state index in [2.05, 4.69) is 5.32 Å². The van der Waals surface area contributed by atoms with Crippen LogP contribution in [0.3, 0.4) is 0 Å². The van der Waals surface area contributed by atoms with Gasteiger partial charge in [-0.2, -0.15) is 0 Å². The molecule has 0 aromatic heterocycles. The number of benzene rings is 1. The van der Waals surface area contributed by atoms with Gasteiger partial charge >= 0.3 is 6.03 Å². The van der Waals surface area contributed by atoms with E-state index in [0.717, 1.165) is 30.7 Å². The Bertz CT molecular complexity index is 636. The fourth-order valence-corrected chi connectivity index (χ4v) is 4.92. The Morgan fingerprint density at radius 3 is 3.00 bits per heavy atom. The van der Waals surface area contributed by atoms with Crippen LogP contribution in [-0.2, 0) is 11.3 Å². The fourth-order valence-electron chi connectivity index (χ4n) is 4.92. The van der Waals surface area contributed by atoms with Crippen LogP contribution in [0.15, 0.2) is 24.3 Å². The molecule has 2 bridgehead atoms. The zero-order chi connectivity index (χ0) is 17.4. The van der Waals surface area contributed by atoms with Crippen molar-refractivity contribution in [2.24, 2.45) is 17.8 Å². The molecular formula is C19H26N2O4. The van der Waals surface area contributed by atoms with E-state index < -0.39 is 0 Å². The van der Waals surface area contributed by atoms with Crippen LogP contribution < -0.4 is 10.1 Å². The minimum Gasteiger partial charge on any atom is -0.491 e. The molecule has 1 aromatic rings. The lowest BCUT2D eigenvalue weighted by Gasteiger charge is -2.29. The average Bonchev–Trinajstić information content (AvgIpc) is 3.23. The first kappa shape index (κ1) is 16.7. The fraction of sp³-hybridized carbons (Fsp3) is 0.632. The summed E-state index contributed by atoms with van der Waals surface area (Å²) in [6, 6.07) is 7.68. The number of carbonyl (C=O) groups excluding carboxylic acids is 1. The summed E-state index contributed by atoms with van der Waals surface area (Å²) in [5, 5.41) is 13.4. The van der Waals surface area contributed by atoms with E-state index in [1.165, 1.54) is 0 Å². The predicted octanol–water partition coefficient (Wildman–Crippen LogP) is 1.62. The monoisotopic (exact) mass is 346 g/mol. The molecular weight excluding hydrogens is 320 g/mol. The first-order valence-electron chi connectivity index (χ1n) is 9.10. The SMILES string of the molecule is COCCOc1cccc(CNC(=O)N2CC3CC4CC3C2C4O)c1. The van der Waals surface area contributed by atoms with Gasteiger partial charge in [0.25, 0.3) is 0 Å². The third-order valence-electron chi connectivity index (χ3n) is 6.01. The number of nitrogens with one attached hydrogen (secondary N) is 1. The number of urea groups is 1. The Morgan fingerprint density at radius 2 is 2.20 bits per heavy atom. The van der Waals surface area contributed by atoms with Crippen LogP contribution in [0.4, 0.5) is 4.79 Å². The number of hydrogen-bond donors (Lipinski definition) is 2. The van der Waals surface area contributed by atoms with E-state index in [1.807, 2.05) is 29.2 Å². The lowest BCUT2D eigenvalue weighted by molar-refractivity contribution is 0.0608. The van der Waals surface area contributed by atoms with Crippen molar-refractivity contribution in [3.05, 3.63) is 29.8 Å². The van der Waals surface area contributed by atoms with Crippen molar-refractivity contribution < 1.29 is 19.4 Å². The summed E-state index contributed by atoms with van der Waals surface area (Å²) in [5.74, 6) is 2.26. The molecule has 6 heteroatoms. The molecule has 6 nitrogen and oxygen atoms in total. The van der Waals surface area contributed by atoms with Crippen LogP contribution >= 0.6 is 0 Å². The summed E-state index contributed by atoms with van der Waals surface area (Å²) in [7, 11) is 1.64. The lowest BCUT2D eigenvalue weighted by atomic mass is 9.88. The van der Waals surface area contributed by atoms with E-state index in [1.54, 1.807) is 7.11 Å². The number of aliphatic hydroxyl groups is 1. The Kier molecular flexibility index (Phi) is 4.56. The molecule has 2 saturated carbocycles. The van der Waals surface area contributed by atoms with Crippen molar-refractivity contribution in [2.75, 3.05) is 26.9 Å². The summed E-state index contributed by atoms with van der Waals surface area (Å²) >= 11 is 0. The zero-order valence-electron chi connectivity index (χ0n) is 14.6.